The molecule has 1 aliphatic heterocycles. The highest BCUT2D eigenvalue weighted by atomic mass is 79.9. The first kappa shape index (κ1) is 14.7. The summed E-state index contributed by atoms with van der Waals surface area (Å²) in [6, 6.07) is 1.99. The Morgan fingerprint density at radius 1 is 1.53 bits per heavy atom. The zero-order valence-corrected chi connectivity index (χ0v) is 13.0. The molecule has 0 aliphatic carbocycles. The zero-order chi connectivity index (χ0) is 13.7. The van der Waals surface area contributed by atoms with Crippen molar-refractivity contribution in [1.82, 2.24) is 10.3 Å². The maximum atomic E-state index is 12.7. The number of nitrogens with zero attached hydrogens (tertiary/aromatic N) is 1. The molecule has 0 aromatic carbocycles. The van der Waals surface area contributed by atoms with E-state index in [-0.39, 0.29) is 5.41 Å². The van der Waals surface area contributed by atoms with Crippen LogP contribution in [0.25, 0.3) is 0 Å². The van der Waals surface area contributed by atoms with Crippen molar-refractivity contribution in [2.24, 2.45) is 5.41 Å². The third-order valence-electron chi connectivity index (χ3n) is 3.92. The lowest BCUT2D eigenvalue weighted by atomic mass is 9.72. The number of carbonyl (C=O) groups is 1. The van der Waals surface area contributed by atoms with Gasteiger partial charge in [0.1, 0.15) is 5.78 Å². The van der Waals surface area contributed by atoms with Gasteiger partial charge in [0, 0.05) is 35.2 Å². The van der Waals surface area contributed by atoms with Crippen LogP contribution in [0.15, 0.2) is 22.9 Å². The van der Waals surface area contributed by atoms with Gasteiger partial charge in [-0.15, -0.1) is 0 Å². The predicted octanol–water partition coefficient (Wildman–Crippen LogP) is 3.13. The van der Waals surface area contributed by atoms with E-state index in [1.165, 1.54) is 0 Å². The lowest BCUT2D eigenvalue weighted by Crippen LogP contribution is -2.46. The smallest absolute Gasteiger partial charge is 0.144 e. The van der Waals surface area contributed by atoms with Crippen molar-refractivity contribution in [3.8, 4) is 0 Å². The van der Waals surface area contributed by atoms with Crippen LogP contribution < -0.4 is 5.32 Å². The van der Waals surface area contributed by atoms with E-state index in [1.807, 2.05) is 6.07 Å². The molecule has 1 atom stereocenters. The Balaban J connectivity index is 2.11. The van der Waals surface area contributed by atoms with E-state index >= 15 is 0 Å². The average Bonchev–Trinajstić information content (AvgIpc) is 2.40. The minimum absolute atomic E-state index is 0.157. The maximum absolute atomic E-state index is 12.7. The lowest BCUT2D eigenvalue weighted by Gasteiger charge is -2.36. The van der Waals surface area contributed by atoms with Crippen LogP contribution in [0.2, 0.25) is 0 Å². The van der Waals surface area contributed by atoms with Crippen LogP contribution in [0.1, 0.15) is 38.2 Å². The van der Waals surface area contributed by atoms with Crippen molar-refractivity contribution in [2.45, 2.75) is 39.0 Å². The number of carbonyl (C=O) groups excluding carboxylic acids is 1. The first-order valence-electron chi connectivity index (χ1n) is 7.00. The molecule has 1 aromatic rings. The van der Waals surface area contributed by atoms with E-state index in [1.54, 1.807) is 12.4 Å². The number of nitrogens with one attached hydrogen (secondary N) is 1. The van der Waals surface area contributed by atoms with Crippen LogP contribution in [0.3, 0.4) is 0 Å². The van der Waals surface area contributed by atoms with E-state index in [0.29, 0.717) is 12.2 Å². The molecular formula is C15H21BrN2O. The van der Waals surface area contributed by atoms with Gasteiger partial charge >= 0.3 is 0 Å². The molecule has 1 aromatic heterocycles. The van der Waals surface area contributed by atoms with Crippen LogP contribution in [0.5, 0.6) is 0 Å². The maximum Gasteiger partial charge on any atom is 0.144 e. The molecule has 19 heavy (non-hydrogen) atoms. The highest BCUT2D eigenvalue weighted by Gasteiger charge is 2.37. The van der Waals surface area contributed by atoms with Crippen LogP contribution in [-0.2, 0) is 11.2 Å². The molecule has 2 heterocycles. The molecule has 104 valence electrons. The normalized spacial score (nSPS) is 23.3. The molecule has 0 radical (unpaired) electrons. The monoisotopic (exact) mass is 324 g/mol. The standard InChI is InChI=1S/C15H21BrN2O/c1-2-4-15(5-3-6-17-11-15)14(19)8-12-7-13(16)10-18-9-12/h7,9-10,17H,2-6,8,11H2,1H3. The van der Waals surface area contributed by atoms with Crippen LogP contribution in [0.4, 0.5) is 0 Å². The second-order valence-electron chi connectivity index (χ2n) is 5.42. The molecule has 3 nitrogen and oxygen atoms in total. The minimum atomic E-state index is -0.157. The molecule has 1 saturated heterocycles. The highest BCUT2D eigenvalue weighted by Crippen LogP contribution is 2.33. The fourth-order valence-corrected chi connectivity index (χ4v) is 3.37. The Hall–Kier alpha value is -0.740. The van der Waals surface area contributed by atoms with Gasteiger partial charge in [0.2, 0.25) is 0 Å². The second-order valence-corrected chi connectivity index (χ2v) is 6.34. The summed E-state index contributed by atoms with van der Waals surface area (Å²) in [5, 5.41) is 3.39. The quantitative estimate of drug-likeness (QED) is 0.904. The Labute approximate surface area is 123 Å². The number of rotatable bonds is 5. The first-order chi connectivity index (χ1) is 9.16. The fraction of sp³-hybridized carbons (Fsp3) is 0.600. The SMILES string of the molecule is CCCC1(C(=O)Cc2cncc(Br)c2)CCCNC1. The molecule has 0 spiro atoms. The Morgan fingerprint density at radius 3 is 3.00 bits per heavy atom. The summed E-state index contributed by atoms with van der Waals surface area (Å²) in [5.74, 6) is 0.362. The van der Waals surface area contributed by atoms with Gasteiger partial charge in [0.25, 0.3) is 0 Å². The summed E-state index contributed by atoms with van der Waals surface area (Å²) in [5.41, 5.74) is 0.843. The number of piperidine rings is 1. The van der Waals surface area contributed by atoms with Crippen molar-refractivity contribution in [3.63, 3.8) is 0 Å². The van der Waals surface area contributed by atoms with Crippen molar-refractivity contribution in [3.05, 3.63) is 28.5 Å². The molecule has 1 unspecified atom stereocenters. The van der Waals surface area contributed by atoms with Gasteiger partial charge in [0.15, 0.2) is 0 Å². The van der Waals surface area contributed by atoms with Gasteiger partial charge < -0.3 is 5.32 Å². The summed E-state index contributed by atoms with van der Waals surface area (Å²) in [6.07, 6.45) is 8.20. The Morgan fingerprint density at radius 2 is 2.37 bits per heavy atom. The summed E-state index contributed by atoms with van der Waals surface area (Å²) in [6.45, 7) is 4.03. The molecule has 0 saturated carbocycles. The lowest BCUT2D eigenvalue weighted by molar-refractivity contribution is -0.129. The van der Waals surface area contributed by atoms with Gasteiger partial charge in [-0.1, -0.05) is 13.3 Å². The molecule has 4 heteroatoms. The predicted molar refractivity (Wildman–Crippen MR) is 80.1 cm³/mol. The van der Waals surface area contributed by atoms with Gasteiger partial charge in [-0.3, -0.25) is 9.78 Å². The van der Waals surface area contributed by atoms with E-state index in [9.17, 15) is 4.79 Å². The summed E-state index contributed by atoms with van der Waals surface area (Å²) in [4.78, 5) is 16.8. The number of Topliss-reactive ketones (excluding diaryl/α,β-unsaturated/α-hetero) is 1. The van der Waals surface area contributed by atoms with Crippen molar-refractivity contribution in [2.75, 3.05) is 13.1 Å². The fourth-order valence-electron chi connectivity index (χ4n) is 2.96. The number of aromatic nitrogens is 1. The zero-order valence-electron chi connectivity index (χ0n) is 11.4. The summed E-state index contributed by atoms with van der Waals surface area (Å²) < 4.78 is 0.934. The molecule has 0 bridgehead atoms. The topological polar surface area (TPSA) is 42.0 Å². The number of halogens is 1. The van der Waals surface area contributed by atoms with Crippen LogP contribution >= 0.6 is 15.9 Å². The summed E-state index contributed by atoms with van der Waals surface area (Å²) in [7, 11) is 0. The number of pyridine rings is 1. The van der Waals surface area contributed by atoms with E-state index < -0.39 is 0 Å². The van der Waals surface area contributed by atoms with E-state index in [4.69, 9.17) is 0 Å². The number of ketones is 1. The largest absolute Gasteiger partial charge is 0.316 e. The van der Waals surface area contributed by atoms with Crippen molar-refractivity contribution in [1.29, 1.82) is 0 Å². The van der Waals surface area contributed by atoms with E-state index in [2.05, 4.69) is 33.2 Å². The second kappa shape index (κ2) is 6.62. The third-order valence-corrected chi connectivity index (χ3v) is 4.35. The molecule has 2 rings (SSSR count). The third kappa shape index (κ3) is 3.63. The summed E-state index contributed by atoms with van der Waals surface area (Å²) >= 11 is 3.41. The Bertz CT molecular complexity index is 436. The van der Waals surface area contributed by atoms with Crippen LogP contribution in [0, 0.1) is 5.41 Å². The van der Waals surface area contributed by atoms with Crippen molar-refractivity contribution < 1.29 is 4.79 Å². The van der Waals surface area contributed by atoms with Gasteiger partial charge in [-0.05, 0) is 53.4 Å². The minimum Gasteiger partial charge on any atom is -0.316 e. The number of hydrogen-bond acceptors (Lipinski definition) is 3. The van der Waals surface area contributed by atoms with Gasteiger partial charge in [0.05, 0.1) is 0 Å². The number of hydrogen-bond donors (Lipinski definition) is 1. The Kier molecular flexibility index (Phi) is 5.11. The molecular weight excluding hydrogens is 304 g/mol. The van der Waals surface area contributed by atoms with Crippen molar-refractivity contribution >= 4 is 21.7 Å². The van der Waals surface area contributed by atoms with Gasteiger partial charge in [-0.2, -0.15) is 0 Å². The average molecular weight is 325 g/mol. The van der Waals surface area contributed by atoms with E-state index in [0.717, 1.165) is 48.8 Å². The molecule has 1 aliphatic rings. The van der Waals surface area contributed by atoms with Crippen LogP contribution in [-0.4, -0.2) is 23.9 Å². The molecule has 0 amide bonds. The molecule has 1 fully saturated rings. The highest BCUT2D eigenvalue weighted by molar-refractivity contribution is 9.10. The first-order valence-corrected chi connectivity index (χ1v) is 7.79. The molecule has 1 N–H and O–H groups in total. The van der Waals surface area contributed by atoms with Gasteiger partial charge in [-0.25, -0.2) is 0 Å².